The first-order chi connectivity index (χ1) is 6.59. The molecule has 74 valence electrons. The molecule has 0 radical (unpaired) electrons. The van der Waals surface area contributed by atoms with Crippen LogP contribution in [0.15, 0.2) is 20.9 Å². The molecule has 0 unspecified atom stereocenters. The van der Waals surface area contributed by atoms with Crippen LogP contribution in [0.3, 0.4) is 0 Å². The van der Waals surface area contributed by atoms with E-state index in [1.54, 1.807) is 0 Å². The van der Waals surface area contributed by atoms with Crippen LogP contribution in [0.25, 0.3) is 0 Å². The van der Waals surface area contributed by atoms with Crippen molar-refractivity contribution in [3.05, 3.63) is 32.6 Å². The molecular weight excluding hydrogens is 206 g/mol. The summed E-state index contributed by atoms with van der Waals surface area (Å²) in [4.78, 5) is 26.0. The van der Waals surface area contributed by atoms with Crippen molar-refractivity contribution in [3.63, 3.8) is 0 Å². The Balaban J connectivity index is 2.88. The number of aromatic amines is 2. The maximum Gasteiger partial charge on any atom is 0.325 e. The van der Waals surface area contributed by atoms with Gasteiger partial charge in [0.1, 0.15) is 0 Å². The van der Waals surface area contributed by atoms with Crippen LogP contribution < -0.4 is 22.4 Å². The van der Waals surface area contributed by atoms with Gasteiger partial charge >= 0.3 is 5.69 Å². The summed E-state index contributed by atoms with van der Waals surface area (Å²) >= 11 is 4.47. The summed E-state index contributed by atoms with van der Waals surface area (Å²) < 4.78 is 0. The third-order valence-electron chi connectivity index (χ3n) is 1.23. The predicted octanol–water partition coefficient (Wildman–Crippen LogP) is -1.77. The third kappa shape index (κ3) is 2.83. The molecule has 0 aliphatic rings. The van der Waals surface area contributed by atoms with Crippen molar-refractivity contribution in [1.29, 1.82) is 0 Å². The smallest absolute Gasteiger partial charge is 0.325 e. The van der Waals surface area contributed by atoms with Gasteiger partial charge in [0.15, 0.2) is 5.11 Å². The van der Waals surface area contributed by atoms with Crippen LogP contribution in [0, 0.1) is 0 Å². The van der Waals surface area contributed by atoms with Gasteiger partial charge in [0.25, 0.3) is 5.56 Å². The molecule has 0 aromatic carbocycles. The number of hydrogen-bond acceptors (Lipinski definition) is 4. The van der Waals surface area contributed by atoms with Crippen molar-refractivity contribution in [2.24, 2.45) is 10.8 Å². The number of aromatic nitrogens is 2. The van der Waals surface area contributed by atoms with Crippen molar-refractivity contribution in [2.75, 3.05) is 0 Å². The molecule has 5 N–H and O–H groups in total. The number of thiocarbonyl (C=S) groups is 1. The van der Waals surface area contributed by atoms with Gasteiger partial charge in [0.2, 0.25) is 0 Å². The fourth-order valence-corrected chi connectivity index (χ4v) is 0.734. The number of nitrogens with two attached hydrogens (primary N) is 1. The molecule has 0 saturated heterocycles. The van der Waals surface area contributed by atoms with Gasteiger partial charge in [0, 0.05) is 6.20 Å². The Morgan fingerprint density at radius 2 is 2.36 bits per heavy atom. The number of nitrogens with one attached hydrogen (secondary N) is 3. The lowest BCUT2D eigenvalue weighted by Gasteiger charge is -1.93. The Morgan fingerprint density at radius 3 is 2.93 bits per heavy atom. The summed E-state index contributed by atoms with van der Waals surface area (Å²) in [5.74, 6) is 0. The summed E-state index contributed by atoms with van der Waals surface area (Å²) in [6, 6.07) is 0. The van der Waals surface area contributed by atoms with Crippen LogP contribution in [0.2, 0.25) is 0 Å². The zero-order chi connectivity index (χ0) is 10.6. The van der Waals surface area contributed by atoms with Crippen LogP contribution in [0.1, 0.15) is 5.56 Å². The van der Waals surface area contributed by atoms with E-state index in [-0.39, 0.29) is 10.7 Å². The second-order valence-electron chi connectivity index (χ2n) is 2.26. The normalized spacial score (nSPS) is 10.3. The van der Waals surface area contributed by atoms with E-state index in [4.69, 9.17) is 5.73 Å². The monoisotopic (exact) mass is 213 g/mol. The van der Waals surface area contributed by atoms with Crippen molar-refractivity contribution < 1.29 is 0 Å². The molecule has 0 aliphatic carbocycles. The van der Waals surface area contributed by atoms with Gasteiger partial charge in [-0.15, -0.1) is 0 Å². The van der Waals surface area contributed by atoms with Gasteiger partial charge in [-0.3, -0.25) is 15.2 Å². The summed E-state index contributed by atoms with van der Waals surface area (Å²) in [5, 5.41) is 3.54. The zero-order valence-electron chi connectivity index (χ0n) is 6.90. The summed E-state index contributed by atoms with van der Waals surface area (Å²) in [6.07, 6.45) is 2.42. The van der Waals surface area contributed by atoms with Crippen LogP contribution in [0.4, 0.5) is 0 Å². The van der Waals surface area contributed by atoms with Gasteiger partial charge in [-0.1, -0.05) is 0 Å². The molecular formula is C6H7N5O2S. The minimum absolute atomic E-state index is 0.0119. The second-order valence-corrected chi connectivity index (χ2v) is 2.70. The highest BCUT2D eigenvalue weighted by atomic mass is 32.1. The number of rotatable bonds is 2. The average molecular weight is 213 g/mol. The topological polar surface area (TPSA) is 116 Å². The van der Waals surface area contributed by atoms with Crippen molar-refractivity contribution >= 4 is 23.5 Å². The molecule has 1 aromatic heterocycles. The molecule has 14 heavy (non-hydrogen) atoms. The van der Waals surface area contributed by atoms with Gasteiger partial charge < -0.3 is 10.7 Å². The van der Waals surface area contributed by atoms with Crippen LogP contribution in [0.5, 0.6) is 0 Å². The lowest BCUT2D eigenvalue weighted by molar-refractivity contribution is 1.01. The van der Waals surface area contributed by atoms with E-state index in [2.05, 4.69) is 27.7 Å². The highest BCUT2D eigenvalue weighted by Crippen LogP contribution is 1.76. The minimum atomic E-state index is -0.575. The first-order valence-electron chi connectivity index (χ1n) is 3.50. The molecule has 1 rings (SSSR count). The standard InChI is InChI=1S/C6H7N5O2S/c7-5(14)11-9-2-3-1-8-6(13)10-4(3)12/h1-2H,(H3,7,11,14)(H2,8,10,12,13)/b9-2+. The van der Waals surface area contributed by atoms with Crippen molar-refractivity contribution in [2.45, 2.75) is 0 Å². The molecule has 0 fully saturated rings. The predicted molar refractivity (Wildman–Crippen MR) is 55.2 cm³/mol. The molecule has 0 aliphatic heterocycles. The summed E-state index contributed by atoms with van der Waals surface area (Å²) in [6.45, 7) is 0. The highest BCUT2D eigenvalue weighted by Gasteiger charge is 1.94. The Kier molecular flexibility index (Phi) is 3.13. The van der Waals surface area contributed by atoms with E-state index >= 15 is 0 Å². The molecule has 1 heterocycles. The van der Waals surface area contributed by atoms with Crippen LogP contribution >= 0.6 is 12.2 Å². The van der Waals surface area contributed by atoms with Gasteiger partial charge in [-0.2, -0.15) is 5.10 Å². The third-order valence-corrected chi connectivity index (χ3v) is 1.32. The minimum Gasteiger partial charge on any atom is -0.375 e. The molecule has 0 atom stereocenters. The molecule has 0 saturated carbocycles. The zero-order valence-corrected chi connectivity index (χ0v) is 7.72. The Labute approximate surface area is 83.0 Å². The Hall–Kier alpha value is -1.96. The summed E-state index contributed by atoms with van der Waals surface area (Å²) in [7, 11) is 0. The quantitative estimate of drug-likeness (QED) is 0.263. The van der Waals surface area contributed by atoms with E-state index in [9.17, 15) is 9.59 Å². The second kappa shape index (κ2) is 4.33. The Bertz CT molecular complexity index is 474. The maximum atomic E-state index is 11.1. The first kappa shape index (κ1) is 10.1. The van der Waals surface area contributed by atoms with E-state index in [0.29, 0.717) is 0 Å². The van der Waals surface area contributed by atoms with Crippen LogP contribution in [-0.4, -0.2) is 21.3 Å². The fourth-order valence-electron chi connectivity index (χ4n) is 0.682. The van der Waals surface area contributed by atoms with Gasteiger partial charge in [-0.05, 0) is 12.2 Å². The van der Waals surface area contributed by atoms with Crippen molar-refractivity contribution in [1.82, 2.24) is 15.4 Å². The lowest BCUT2D eigenvalue weighted by atomic mass is 10.4. The number of hydrazone groups is 1. The van der Waals surface area contributed by atoms with E-state index in [1.807, 2.05) is 4.98 Å². The average Bonchev–Trinajstić information content (AvgIpc) is 2.08. The number of H-pyrrole nitrogens is 2. The van der Waals surface area contributed by atoms with Gasteiger partial charge in [0.05, 0.1) is 11.8 Å². The lowest BCUT2D eigenvalue weighted by Crippen LogP contribution is -2.26. The first-order valence-corrected chi connectivity index (χ1v) is 3.91. The molecule has 0 amide bonds. The molecule has 8 heteroatoms. The summed E-state index contributed by atoms with van der Waals surface area (Å²) in [5.41, 5.74) is 6.43. The molecule has 1 aromatic rings. The van der Waals surface area contributed by atoms with E-state index in [1.165, 1.54) is 12.4 Å². The number of hydrogen-bond donors (Lipinski definition) is 4. The fraction of sp³-hybridized carbons (Fsp3) is 0. The highest BCUT2D eigenvalue weighted by molar-refractivity contribution is 7.80. The maximum absolute atomic E-state index is 11.1. The number of nitrogens with zero attached hydrogens (tertiary/aromatic N) is 1. The molecule has 7 nitrogen and oxygen atoms in total. The van der Waals surface area contributed by atoms with Crippen molar-refractivity contribution in [3.8, 4) is 0 Å². The van der Waals surface area contributed by atoms with Gasteiger partial charge in [-0.25, -0.2) is 4.79 Å². The Morgan fingerprint density at radius 1 is 1.64 bits per heavy atom. The molecule has 0 spiro atoms. The van der Waals surface area contributed by atoms with E-state index < -0.39 is 11.2 Å². The molecule has 0 bridgehead atoms. The largest absolute Gasteiger partial charge is 0.375 e. The SMILES string of the molecule is NC(=S)N/N=C/c1c[nH]c(=O)[nH]c1=O. The van der Waals surface area contributed by atoms with E-state index in [0.717, 1.165) is 0 Å². The van der Waals surface area contributed by atoms with Crippen LogP contribution in [-0.2, 0) is 0 Å².